The summed E-state index contributed by atoms with van der Waals surface area (Å²) in [7, 11) is -3.61. The Morgan fingerprint density at radius 1 is 1.06 bits per heavy atom. The molecule has 2 aromatic carbocycles. The van der Waals surface area contributed by atoms with Crippen LogP contribution in [0.1, 0.15) is 6.42 Å². The van der Waals surface area contributed by atoms with Crippen LogP contribution in [0.3, 0.4) is 0 Å². The van der Waals surface area contributed by atoms with Crippen LogP contribution in [0, 0.1) is 5.82 Å². The lowest BCUT2D eigenvalue weighted by molar-refractivity contribution is 0.580. The average molecular weight is 543 g/mol. The lowest BCUT2D eigenvalue weighted by Crippen LogP contribution is -2.26. The van der Waals surface area contributed by atoms with Gasteiger partial charge in [-0.05, 0) is 48.9 Å². The number of aromatic nitrogens is 4. The van der Waals surface area contributed by atoms with Gasteiger partial charge in [-0.15, -0.1) is 11.3 Å². The van der Waals surface area contributed by atoms with E-state index in [1.165, 1.54) is 47.7 Å². The molecule has 184 valence electrons. The maximum Gasteiger partial charge on any atom is 0.240 e. The zero-order valence-corrected chi connectivity index (χ0v) is 21.1. The molecular weight excluding hydrogens is 523 g/mol. The zero-order chi connectivity index (χ0) is 25.1. The Morgan fingerprint density at radius 3 is 2.69 bits per heavy atom. The Bertz CT molecular complexity index is 1620. The van der Waals surface area contributed by atoms with E-state index in [1.807, 2.05) is 22.0 Å². The maximum absolute atomic E-state index is 13.9. The molecule has 0 radical (unpaired) electrons. The van der Waals surface area contributed by atoms with E-state index >= 15 is 0 Å². The summed E-state index contributed by atoms with van der Waals surface area (Å²) in [4.78, 5) is 14.5. The van der Waals surface area contributed by atoms with Crippen molar-refractivity contribution >= 4 is 43.9 Å². The highest BCUT2D eigenvalue weighted by Gasteiger charge is 2.19. The van der Waals surface area contributed by atoms with Crippen LogP contribution in [0.5, 0.6) is 0 Å². The monoisotopic (exact) mass is 542 g/mol. The van der Waals surface area contributed by atoms with Crippen molar-refractivity contribution in [2.24, 2.45) is 0 Å². The second-order valence-corrected chi connectivity index (χ2v) is 10.8. The number of imidazole rings is 1. The molecule has 0 aliphatic rings. The molecule has 5 rings (SSSR count). The molecule has 0 bridgehead atoms. The van der Waals surface area contributed by atoms with Gasteiger partial charge >= 0.3 is 0 Å². The Labute approximate surface area is 215 Å². The molecule has 0 amide bonds. The van der Waals surface area contributed by atoms with Gasteiger partial charge in [0, 0.05) is 41.4 Å². The molecule has 36 heavy (non-hydrogen) atoms. The number of thiazole rings is 1. The van der Waals surface area contributed by atoms with E-state index in [-0.39, 0.29) is 17.3 Å². The quantitative estimate of drug-likeness (QED) is 0.251. The summed E-state index contributed by atoms with van der Waals surface area (Å²) in [6.07, 6.45) is 4.04. The number of halogens is 2. The summed E-state index contributed by atoms with van der Waals surface area (Å²) in [5.74, 6) is 0.0509. The van der Waals surface area contributed by atoms with Gasteiger partial charge in [-0.25, -0.2) is 32.5 Å². The molecule has 0 saturated carbocycles. The summed E-state index contributed by atoms with van der Waals surface area (Å²) in [5, 5.41) is 5.52. The first-order valence-electron chi connectivity index (χ1n) is 10.9. The topological polar surface area (TPSA) is 101 Å². The second kappa shape index (κ2) is 10.3. The van der Waals surface area contributed by atoms with Crippen LogP contribution >= 0.6 is 22.9 Å². The van der Waals surface area contributed by atoms with Gasteiger partial charge in [-0.1, -0.05) is 23.7 Å². The van der Waals surface area contributed by atoms with Gasteiger partial charge in [0.05, 0.1) is 16.3 Å². The van der Waals surface area contributed by atoms with Crippen LogP contribution in [0.2, 0.25) is 5.02 Å². The van der Waals surface area contributed by atoms with Crippen LogP contribution in [-0.2, 0) is 10.0 Å². The fourth-order valence-corrected chi connectivity index (χ4v) is 5.55. The van der Waals surface area contributed by atoms with Gasteiger partial charge in [0.25, 0.3) is 0 Å². The standard InChI is InChI=1S/C24H20ClFN6O2S2/c25-17-5-7-19(8-6-17)36(33,34)29-11-2-10-27-23-28-12-9-20(30-23)22-21(16-3-1-4-18(26)15-16)31-24-32(22)13-14-35-24/h1,3-9,12-15,29H,2,10-11H2,(H,27,28,30). The predicted octanol–water partition coefficient (Wildman–Crippen LogP) is 5.09. The van der Waals surface area contributed by atoms with E-state index in [0.29, 0.717) is 40.9 Å². The first-order chi connectivity index (χ1) is 17.4. The van der Waals surface area contributed by atoms with Crippen molar-refractivity contribution in [1.82, 2.24) is 24.1 Å². The summed E-state index contributed by atoms with van der Waals surface area (Å²) in [5.41, 5.74) is 2.64. The van der Waals surface area contributed by atoms with Crippen molar-refractivity contribution in [1.29, 1.82) is 0 Å². The molecule has 0 saturated heterocycles. The molecule has 0 atom stereocenters. The first kappa shape index (κ1) is 24.3. The van der Waals surface area contributed by atoms with Crippen molar-refractivity contribution in [2.45, 2.75) is 11.3 Å². The molecule has 2 N–H and O–H groups in total. The van der Waals surface area contributed by atoms with Crippen molar-refractivity contribution in [2.75, 3.05) is 18.4 Å². The van der Waals surface area contributed by atoms with Crippen LogP contribution < -0.4 is 10.0 Å². The minimum absolute atomic E-state index is 0.158. The number of benzene rings is 2. The minimum atomic E-state index is -3.61. The van der Waals surface area contributed by atoms with Crippen molar-refractivity contribution < 1.29 is 12.8 Å². The average Bonchev–Trinajstić information content (AvgIpc) is 3.46. The van der Waals surface area contributed by atoms with Crippen LogP contribution in [0.25, 0.3) is 27.6 Å². The van der Waals surface area contributed by atoms with Crippen LogP contribution in [0.4, 0.5) is 10.3 Å². The molecule has 3 heterocycles. The lowest BCUT2D eigenvalue weighted by Gasteiger charge is -2.09. The fraction of sp³-hybridized carbons (Fsp3) is 0.125. The number of nitrogens with one attached hydrogen (secondary N) is 2. The number of rotatable bonds is 9. The normalized spacial score (nSPS) is 11.7. The highest BCUT2D eigenvalue weighted by Crippen LogP contribution is 2.33. The zero-order valence-electron chi connectivity index (χ0n) is 18.7. The van der Waals surface area contributed by atoms with E-state index in [0.717, 1.165) is 10.7 Å². The SMILES string of the molecule is O=S(=O)(NCCCNc1nccc(-c2c(-c3cccc(F)c3)nc3sccn23)n1)c1ccc(Cl)cc1. The molecule has 0 aliphatic heterocycles. The second-order valence-electron chi connectivity index (χ2n) is 7.77. The summed E-state index contributed by atoms with van der Waals surface area (Å²) >= 11 is 7.30. The van der Waals surface area contributed by atoms with Gasteiger partial charge in [0.2, 0.25) is 16.0 Å². The Balaban J connectivity index is 1.28. The number of fused-ring (bicyclic) bond motifs is 1. The lowest BCUT2D eigenvalue weighted by atomic mass is 10.1. The van der Waals surface area contributed by atoms with E-state index in [2.05, 4.69) is 20.0 Å². The van der Waals surface area contributed by atoms with Crippen molar-refractivity contribution in [3.05, 3.63) is 83.2 Å². The molecular formula is C24H20ClFN6O2S2. The fourth-order valence-electron chi connectivity index (χ4n) is 3.64. The van der Waals surface area contributed by atoms with Gasteiger partial charge in [0.15, 0.2) is 4.96 Å². The van der Waals surface area contributed by atoms with Gasteiger partial charge in [-0.3, -0.25) is 4.40 Å². The number of sulfonamides is 1. The van der Waals surface area contributed by atoms with E-state index in [4.69, 9.17) is 16.6 Å². The molecule has 3 aromatic heterocycles. The summed E-state index contributed by atoms with van der Waals surface area (Å²) < 4.78 is 43.1. The van der Waals surface area contributed by atoms with E-state index in [1.54, 1.807) is 18.3 Å². The summed E-state index contributed by atoms with van der Waals surface area (Å²) in [6, 6.07) is 14.1. The van der Waals surface area contributed by atoms with E-state index < -0.39 is 10.0 Å². The van der Waals surface area contributed by atoms with Gasteiger partial charge in [0.1, 0.15) is 11.5 Å². The predicted molar refractivity (Wildman–Crippen MR) is 139 cm³/mol. The number of hydrogen-bond donors (Lipinski definition) is 2. The Kier molecular flexibility index (Phi) is 6.97. The van der Waals surface area contributed by atoms with Crippen molar-refractivity contribution in [3.63, 3.8) is 0 Å². The smallest absolute Gasteiger partial charge is 0.240 e. The van der Waals surface area contributed by atoms with Gasteiger partial charge in [-0.2, -0.15) is 0 Å². The van der Waals surface area contributed by atoms with E-state index in [9.17, 15) is 12.8 Å². The minimum Gasteiger partial charge on any atom is -0.354 e. The molecule has 0 fully saturated rings. The number of nitrogens with zero attached hydrogens (tertiary/aromatic N) is 4. The molecule has 12 heteroatoms. The molecule has 0 spiro atoms. The van der Waals surface area contributed by atoms with Crippen molar-refractivity contribution in [3.8, 4) is 22.6 Å². The first-order valence-corrected chi connectivity index (χ1v) is 13.7. The molecule has 0 aliphatic carbocycles. The van der Waals surface area contributed by atoms with Gasteiger partial charge < -0.3 is 5.32 Å². The molecule has 8 nitrogen and oxygen atoms in total. The summed E-state index contributed by atoms with van der Waals surface area (Å²) in [6.45, 7) is 0.684. The molecule has 0 unspecified atom stereocenters. The molecule has 5 aromatic rings. The number of hydrogen-bond acceptors (Lipinski definition) is 7. The number of anilines is 1. The third-order valence-electron chi connectivity index (χ3n) is 5.31. The Morgan fingerprint density at radius 2 is 1.89 bits per heavy atom. The third kappa shape index (κ3) is 5.24. The highest BCUT2D eigenvalue weighted by molar-refractivity contribution is 7.89. The Hall–Kier alpha value is -3.38. The highest BCUT2D eigenvalue weighted by atomic mass is 35.5. The largest absolute Gasteiger partial charge is 0.354 e. The maximum atomic E-state index is 13.9. The third-order valence-corrected chi connectivity index (χ3v) is 7.80. The van der Waals surface area contributed by atoms with Crippen LogP contribution in [0.15, 0.2) is 77.3 Å². The van der Waals surface area contributed by atoms with Crippen LogP contribution in [-0.4, -0.2) is 40.9 Å².